The molecule has 0 aliphatic carbocycles. The summed E-state index contributed by atoms with van der Waals surface area (Å²) in [5.41, 5.74) is 1.83. The van der Waals surface area contributed by atoms with E-state index in [2.05, 4.69) is 10.6 Å². The second-order valence-electron chi connectivity index (χ2n) is 6.27. The Bertz CT molecular complexity index is 731. The van der Waals surface area contributed by atoms with Gasteiger partial charge in [0, 0.05) is 18.5 Å². The molecule has 2 aromatic carbocycles. The van der Waals surface area contributed by atoms with Crippen molar-refractivity contribution in [1.82, 2.24) is 5.32 Å². The van der Waals surface area contributed by atoms with Gasteiger partial charge in [0.05, 0.1) is 27.0 Å². The topological polar surface area (TPSA) is 68.8 Å². The molecule has 2 aromatic rings. The van der Waals surface area contributed by atoms with E-state index in [9.17, 15) is 4.79 Å². The SMILES string of the molecule is COc1ccc(CCNC(C)CC(=O)Nc2cc(OC)ccc2OC)cc1. The fourth-order valence-corrected chi connectivity index (χ4v) is 2.72. The Balaban J connectivity index is 1.79. The molecule has 2 N–H and O–H groups in total. The second-order valence-corrected chi connectivity index (χ2v) is 6.27. The fourth-order valence-electron chi connectivity index (χ4n) is 2.72. The van der Waals surface area contributed by atoms with E-state index in [1.165, 1.54) is 5.56 Å². The molecule has 0 aromatic heterocycles. The van der Waals surface area contributed by atoms with Crippen molar-refractivity contribution in [2.45, 2.75) is 25.8 Å². The van der Waals surface area contributed by atoms with Gasteiger partial charge >= 0.3 is 0 Å². The molecule has 0 saturated carbocycles. The summed E-state index contributed by atoms with van der Waals surface area (Å²) in [6.45, 7) is 2.79. The van der Waals surface area contributed by atoms with Gasteiger partial charge < -0.3 is 24.8 Å². The molecule has 6 nitrogen and oxygen atoms in total. The van der Waals surface area contributed by atoms with E-state index < -0.39 is 0 Å². The normalized spacial score (nSPS) is 11.6. The summed E-state index contributed by atoms with van der Waals surface area (Å²) in [5.74, 6) is 2.04. The lowest BCUT2D eigenvalue weighted by Gasteiger charge is -2.15. The van der Waals surface area contributed by atoms with E-state index in [-0.39, 0.29) is 11.9 Å². The molecule has 0 saturated heterocycles. The molecule has 6 heteroatoms. The molecule has 2 rings (SSSR count). The van der Waals surface area contributed by atoms with Gasteiger partial charge in [0.15, 0.2) is 0 Å². The predicted octanol–water partition coefficient (Wildman–Crippen LogP) is 3.26. The summed E-state index contributed by atoms with van der Waals surface area (Å²) in [4.78, 5) is 12.3. The predicted molar refractivity (Wildman–Crippen MR) is 107 cm³/mol. The zero-order chi connectivity index (χ0) is 19.6. The number of nitrogens with one attached hydrogen (secondary N) is 2. The molecule has 1 amide bonds. The van der Waals surface area contributed by atoms with E-state index >= 15 is 0 Å². The molecular weight excluding hydrogens is 344 g/mol. The Morgan fingerprint density at radius 2 is 1.63 bits per heavy atom. The molecule has 0 heterocycles. The number of hydrogen-bond acceptors (Lipinski definition) is 5. The summed E-state index contributed by atoms with van der Waals surface area (Å²) in [6.07, 6.45) is 1.25. The van der Waals surface area contributed by atoms with E-state index in [0.717, 1.165) is 18.7 Å². The maximum atomic E-state index is 12.3. The van der Waals surface area contributed by atoms with Crippen LogP contribution in [-0.4, -0.2) is 39.8 Å². The first kappa shape index (κ1) is 20.6. The summed E-state index contributed by atoms with van der Waals surface area (Å²) in [5, 5.41) is 6.27. The molecule has 146 valence electrons. The standard InChI is InChI=1S/C21H28N2O4/c1-15(22-12-11-16-5-7-17(25-2)8-6-16)13-21(24)23-19-14-18(26-3)9-10-20(19)27-4/h5-10,14-15,22H,11-13H2,1-4H3,(H,23,24). The minimum Gasteiger partial charge on any atom is -0.497 e. The van der Waals surface area contributed by atoms with Gasteiger partial charge in [-0.25, -0.2) is 0 Å². The Kier molecular flexibility index (Phi) is 7.95. The number of anilines is 1. The van der Waals surface area contributed by atoms with Gasteiger partial charge in [-0.05, 0) is 49.7 Å². The van der Waals surface area contributed by atoms with Crippen molar-refractivity contribution >= 4 is 11.6 Å². The Morgan fingerprint density at radius 1 is 0.963 bits per heavy atom. The van der Waals surface area contributed by atoms with Crippen LogP contribution in [0.1, 0.15) is 18.9 Å². The van der Waals surface area contributed by atoms with Crippen LogP contribution >= 0.6 is 0 Å². The zero-order valence-corrected chi connectivity index (χ0v) is 16.4. The first-order valence-electron chi connectivity index (χ1n) is 8.94. The van der Waals surface area contributed by atoms with Crippen LogP contribution in [0.25, 0.3) is 0 Å². The Labute approximate surface area is 160 Å². The fraction of sp³-hybridized carbons (Fsp3) is 0.381. The highest BCUT2D eigenvalue weighted by atomic mass is 16.5. The maximum Gasteiger partial charge on any atom is 0.226 e. The molecular formula is C21H28N2O4. The summed E-state index contributed by atoms with van der Waals surface area (Å²) in [7, 11) is 4.81. The average molecular weight is 372 g/mol. The van der Waals surface area contributed by atoms with Crippen molar-refractivity contribution < 1.29 is 19.0 Å². The van der Waals surface area contributed by atoms with Crippen LogP contribution < -0.4 is 24.8 Å². The number of carbonyl (C=O) groups is 1. The second kappa shape index (κ2) is 10.4. The van der Waals surface area contributed by atoms with Crippen LogP contribution in [0.15, 0.2) is 42.5 Å². The lowest BCUT2D eigenvalue weighted by Crippen LogP contribution is -2.32. The van der Waals surface area contributed by atoms with Crippen molar-refractivity contribution in [3.63, 3.8) is 0 Å². The highest BCUT2D eigenvalue weighted by molar-refractivity contribution is 5.92. The monoisotopic (exact) mass is 372 g/mol. The van der Waals surface area contributed by atoms with Crippen LogP contribution in [0, 0.1) is 0 Å². The summed E-state index contributed by atoms with van der Waals surface area (Å²) < 4.78 is 15.6. The molecule has 0 fully saturated rings. The minimum absolute atomic E-state index is 0.0554. The van der Waals surface area contributed by atoms with Crippen LogP contribution in [0.2, 0.25) is 0 Å². The van der Waals surface area contributed by atoms with E-state index in [1.807, 2.05) is 31.2 Å². The third-order valence-corrected chi connectivity index (χ3v) is 4.24. The van der Waals surface area contributed by atoms with Gasteiger partial charge in [0.1, 0.15) is 17.2 Å². The van der Waals surface area contributed by atoms with E-state index in [1.54, 1.807) is 39.5 Å². The Hall–Kier alpha value is -2.73. The van der Waals surface area contributed by atoms with Gasteiger partial charge in [-0.3, -0.25) is 4.79 Å². The summed E-state index contributed by atoms with van der Waals surface area (Å²) in [6, 6.07) is 13.4. The first-order chi connectivity index (χ1) is 13.0. The van der Waals surface area contributed by atoms with Gasteiger partial charge in [-0.1, -0.05) is 12.1 Å². The lowest BCUT2D eigenvalue weighted by atomic mass is 10.1. The van der Waals surface area contributed by atoms with Crippen molar-refractivity contribution in [3.8, 4) is 17.2 Å². The number of benzene rings is 2. The lowest BCUT2D eigenvalue weighted by molar-refractivity contribution is -0.116. The highest BCUT2D eigenvalue weighted by Gasteiger charge is 2.12. The molecule has 27 heavy (non-hydrogen) atoms. The van der Waals surface area contributed by atoms with Gasteiger partial charge in [0.25, 0.3) is 0 Å². The van der Waals surface area contributed by atoms with Gasteiger partial charge in [-0.2, -0.15) is 0 Å². The molecule has 0 aliphatic heterocycles. The average Bonchev–Trinajstić information content (AvgIpc) is 2.68. The highest BCUT2D eigenvalue weighted by Crippen LogP contribution is 2.29. The number of methoxy groups -OCH3 is 3. The van der Waals surface area contributed by atoms with Crippen molar-refractivity contribution in [2.24, 2.45) is 0 Å². The van der Waals surface area contributed by atoms with Gasteiger partial charge in [0.2, 0.25) is 5.91 Å². The first-order valence-corrected chi connectivity index (χ1v) is 8.94. The maximum absolute atomic E-state index is 12.3. The smallest absolute Gasteiger partial charge is 0.226 e. The van der Waals surface area contributed by atoms with Crippen LogP contribution in [0.4, 0.5) is 5.69 Å². The molecule has 1 atom stereocenters. The zero-order valence-electron chi connectivity index (χ0n) is 16.4. The quantitative estimate of drug-likeness (QED) is 0.670. The van der Waals surface area contributed by atoms with Crippen molar-refractivity contribution in [2.75, 3.05) is 33.2 Å². The molecule has 0 radical (unpaired) electrons. The number of ether oxygens (including phenoxy) is 3. The molecule has 0 spiro atoms. The van der Waals surface area contributed by atoms with E-state index in [4.69, 9.17) is 14.2 Å². The van der Waals surface area contributed by atoms with Crippen LogP contribution in [0.3, 0.4) is 0 Å². The van der Waals surface area contributed by atoms with Crippen LogP contribution in [0.5, 0.6) is 17.2 Å². The minimum atomic E-state index is -0.0778. The third-order valence-electron chi connectivity index (χ3n) is 4.24. The number of amides is 1. The number of rotatable bonds is 10. The third kappa shape index (κ3) is 6.49. The van der Waals surface area contributed by atoms with Crippen molar-refractivity contribution in [3.05, 3.63) is 48.0 Å². The molecule has 1 unspecified atom stereocenters. The Morgan fingerprint density at radius 3 is 2.26 bits per heavy atom. The van der Waals surface area contributed by atoms with E-state index in [0.29, 0.717) is 23.6 Å². The largest absolute Gasteiger partial charge is 0.497 e. The number of carbonyl (C=O) groups excluding carboxylic acids is 1. The number of hydrogen-bond donors (Lipinski definition) is 2. The van der Waals surface area contributed by atoms with Crippen LogP contribution in [-0.2, 0) is 11.2 Å². The molecule has 0 bridgehead atoms. The van der Waals surface area contributed by atoms with Crippen molar-refractivity contribution in [1.29, 1.82) is 0 Å². The summed E-state index contributed by atoms with van der Waals surface area (Å²) >= 11 is 0. The molecule has 0 aliphatic rings. The van der Waals surface area contributed by atoms with Gasteiger partial charge in [-0.15, -0.1) is 0 Å².